The molecule has 4 rings (SSSR count). The maximum atomic E-state index is 15.4. The number of nitrogens with one attached hydrogen (secondary N) is 3. The normalized spacial score (nSPS) is 18.3. The average molecular weight is 689 g/mol. The molecule has 0 unspecified atom stereocenters. The zero-order chi connectivity index (χ0) is 34.3. The van der Waals surface area contributed by atoms with Crippen LogP contribution in [-0.4, -0.2) is 70.2 Å². The van der Waals surface area contributed by atoms with Crippen LogP contribution in [0.2, 0.25) is 5.02 Å². The summed E-state index contributed by atoms with van der Waals surface area (Å²) < 4.78 is 54.6. The zero-order valence-corrected chi connectivity index (χ0v) is 28.7. The van der Waals surface area contributed by atoms with E-state index >= 15 is 4.39 Å². The Balaban J connectivity index is 1.61. The van der Waals surface area contributed by atoms with Crippen molar-refractivity contribution in [1.29, 1.82) is 0 Å². The number of alkyl carbamates (subject to hydrolysis) is 1. The first-order valence-corrected chi connectivity index (χ1v) is 17.3. The first-order valence-electron chi connectivity index (χ1n) is 15.4. The van der Waals surface area contributed by atoms with Gasteiger partial charge >= 0.3 is 6.09 Å². The first-order chi connectivity index (χ1) is 22.4. The molecule has 47 heavy (non-hydrogen) atoms. The molecular formula is C34H42ClFN4O6S. The SMILES string of the molecule is COC(=O)N[C@H](C(=O)Nc1cccc(F)c1CC[C@H]1CNC[C@H](C)N1S(=O)(=O)c1ccc(OC)cc1)[C@@H](c1cccc(Cl)c1)C(C)C. The Kier molecular flexibility index (Phi) is 12.2. The lowest BCUT2D eigenvalue weighted by molar-refractivity contribution is -0.118. The van der Waals surface area contributed by atoms with Gasteiger partial charge in [-0.2, -0.15) is 4.31 Å². The molecule has 3 aromatic carbocycles. The van der Waals surface area contributed by atoms with E-state index in [9.17, 15) is 18.0 Å². The van der Waals surface area contributed by atoms with E-state index in [1.165, 1.54) is 42.8 Å². The molecule has 0 aromatic heterocycles. The number of piperazine rings is 1. The van der Waals surface area contributed by atoms with Gasteiger partial charge in [-0.25, -0.2) is 17.6 Å². The van der Waals surface area contributed by atoms with Gasteiger partial charge in [-0.15, -0.1) is 0 Å². The van der Waals surface area contributed by atoms with Gasteiger partial charge in [-0.1, -0.05) is 43.6 Å². The number of benzene rings is 3. The molecule has 4 atom stereocenters. The van der Waals surface area contributed by atoms with Gasteiger partial charge in [0.15, 0.2) is 0 Å². The number of hydrogen-bond acceptors (Lipinski definition) is 7. The highest BCUT2D eigenvalue weighted by atomic mass is 35.5. The van der Waals surface area contributed by atoms with Crippen LogP contribution in [0, 0.1) is 11.7 Å². The highest BCUT2D eigenvalue weighted by Crippen LogP contribution is 2.32. The van der Waals surface area contributed by atoms with Gasteiger partial charge in [0.2, 0.25) is 15.9 Å². The molecule has 0 aliphatic carbocycles. The van der Waals surface area contributed by atoms with E-state index in [4.69, 9.17) is 21.1 Å². The van der Waals surface area contributed by atoms with E-state index in [0.29, 0.717) is 23.9 Å². The van der Waals surface area contributed by atoms with Crippen molar-refractivity contribution in [2.45, 2.75) is 62.6 Å². The Morgan fingerprint density at radius 3 is 2.40 bits per heavy atom. The Bertz CT molecular complexity index is 1660. The number of carbonyl (C=O) groups excluding carboxylic acids is 2. The second kappa shape index (κ2) is 15.9. The van der Waals surface area contributed by atoms with Crippen LogP contribution in [0.25, 0.3) is 0 Å². The zero-order valence-electron chi connectivity index (χ0n) is 27.1. The smallest absolute Gasteiger partial charge is 0.407 e. The minimum Gasteiger partial charge on any atom is -0.497 e. The number of carbonyl (C=O) groups is 2. The summed E-state index contributed by atoms with van der Waals surface area (Å²) in [6.45, 7) is 6.50. The number of amides is 2. The standard InChI is InChI=1S/C34H42ClFN4O6S/c1-21(2)31(23-8-6-9-24(35)18-23)32(39-34(42)46-5)33(41)38-30-11-7-10-29(36)28(30)17-12-25-20-37-19-22(3)40(25)47(43,44)27-15-13-26(45-4)14-16-27/h6-11,13-16,18,21-22,25,31-32,37H,12,17,19-20H2,1-5H3,(H,38,41)(H,39,42)/t22-,25-,31+,32-/m0/s1. The van der Waals surface area contributed by atoms with Gasteiger partial charge in [0.25, 0.3) is 0 Å². The molecule has 0 spiro atoms. The molecule has 0 bridgehead atoms. The molecule has 3 aromatic rings. The Morgan fingerprint density at radius 1 is 1.06 bits per heavy atom. The number of halogens is 2. The number of ether oxygens (including phenoxy) is 2. The molecule has 0 radical (unpaired) electrons. The van der Waals surface area contributed by atoms with E-state index in [-0.39, 0.29) is 40.9 Å². The summed E-state index contributed by atoms with van der Waals surface area (Å²) >= 11 is 6.27. The molecule has 3 N–H and O–H groups in total. The van der Waals surface area contributed by atoms with Crippen molar-refractivity contribution in [2.75, 3.05) is 32.6 Å². The highest BCUT2D eigenvalue weighted by molar-refractivity contribution is 7.89. The van der Waals surface area contributed by atoms with Gasteiger partial charge in [-0.3, -0.25) is 4.79 Å². The van der Waals surface area contributed by atoms with Gasteiger partial charge in [-0.05, 0) is 79.8 Å². The highest BCUT2D eigenvalue weighted by Gasteiger charge is 2.38. The van der Waals surface area contributed by atoms with E-state index in [0.717, 1.165) is 5.56 Å². The molecule has 10 nitrogen and oxygen atoms in total. The van der Waals surface area contributed by atoms with Crippen LogP contribution in [0.5, 0.6) is 5.75 Å². The second-order valence-electron chi connectivity index (χ2n) is 11.9. The molecule has 254 valence electrons. The summed E-state index contributed by atoms with van der Waals surface area (Å²) in [6.07, 6.45) is -0.390. The fourth-order valence-corrected chi connectivity index (χ4v) is 8.21. The fourth-order valence-electron chi connectivity index (χ4n) is 6.16. The molecule has 1 saturated heterocycles. The summed E-state index contributed by atoms with van der Waals surface area (Å²) in [6, 6.07) is 15.7. The lowest BCUT2D eigenvalue weighted by Gasteiger charge is -2.40. The second-order valence-corrected chi connectivity index (χ2v) is 14.2. The minimum atomic E-state index is -3.89. The van der Waals surface area contributed by atoms with Gasteiger partial charge in [0, 0.05) is 47.4 Å². The maximum Gasteiger partial charge on any atom is 0.407 e. The average Bonchev–Trinajstić information content (AvgIpc) is 3.03. The van der Waals surface area contributed by atoms with E-state index in [2.05, 4.69) is 16.0 Å². The molecule has 1 aliphatic heterocycles. The molecule has 0 saturated carbocycles. The Labute approximate surface area is 281 Å². The maximum absolute atomic E-state index is 15.4. The third kappa shape index (κ3) is 8.61. The van der Waals surface area contributed by atoms with Crippen molar-refractivity contribution >= 4 is 39.3 Å². The molecule has 1 heterocycles. The van der Waals surface area contributed by atoms with Crippen LogP contribution in [0.3, 0.4) is 0 Å². The van der Waals surface area contributed by atoms with Crippen molar-refractivity contribution < 1.29 is 31.9 Å². The van der Waals surface area contributed by atoms with Gasteiger partial charge in [0.05, 0.1) is 19.1 Å². The van der Waals surface area contributed by atoms with Crippen molar-refractivity contribution in [3.05, 3.63) is 88.7 Å². The van der Waals surface area contributed by atoms with Crippen LogP contribution >= 0.6 is 11.6 Å². The van der Waals surface area contributed by atoms with Gasteiger partial charge < -0.3 is 25.4 Å². The van der Waals surface area contributed by atoms with Crippen molar-refractivity contribution in [3.8, 4) is 5.75 Å². The molecule has 2 amide bonds. The number of rotatable bonds is 12. The van der Waals surface area contributed by atoms with Crippen LogP contribution in [0.15, 0.2) is 71.6 Å². The fraction of sp³-hybridized carbons (Fsp3) is 0.412. The number of sulfonamides is 1. The van der Waals surface area contributed by atoms with E-state index in [1.807, 2.05) is 26.8 Å². The number of hydrogen-bond donors (Lipinski definition) is 3. The lowest BCUT2D eigenvalue weighted by Crippen LogP contribution is -2.58. The predicted molar refractivity (Wildman–Crippen MR) is 180 cm³/mol. The molecule has 1 aliphatic rings. The first kappa shape index (κ1) is 36.1. The predicted octanol–water partition coefficient (Wildman–Crippen LogP) is 5.57. The van der Waals surface area contributed by atoms with E-state index < -0.39 is 45.8 Å². The van der Waals surface area contributed by atoms with Crippen LogP contribution < -0.4 is 20.7 Å². The number of anilines is 1. The largest absolute Gasteiger partial charge is 0.497 e. The topological polar surface area (TPSA) is 126 Å². The third-order valence-corrected chi connectivity index (χ3v) is 10.7. The lowest BCUT2D eigenvalue weighted by atomic mass is 9.82. The summed E-state index contributed by atoms with van der Waals surface area (Å²) in [7, 11) is -1.17. The van der Waals surface area contributed by atoms with Crippen LogP contribution in [-0.2, 0) is 26.0 Å². The van der Waals surface area contributed by atoms with Crippen molar-refractivity contribution in [3.63, 3.8) is 0 Å². The van der Waals surface area contributed by atoms with E-state index in [1.54, 1.807) is 36.4 Å². The Hall–Kier alpha value is -3.71. The number of methoxy groups -OCH3 is 2. The molecule has 13 heteroatoms. The molecule has 1 fully saturated rings. The third-order valence-electron chi connectivity index (χ3n) is 8.41. The summed E-state index contributed by atoms with van der Waals surface area (Å²) in [4.78, 5) is 26.5. The summed E-state index contributed by atoms with van der Waals surface area (Å²) in [5.41, 5.74) is 1.18. The van der Waals surface area contributed by atoms with Crippen LogP contribution in [0.4, 0.5) is 14.9 Å². The van der Waals surface area contributed by atoms with Crippen molar-refractivity contribution in [1.82, 2.24) is 14.9 Å². The summed E-state index contributed by atoms with van der Waals surface area (Å²) in [5.74, 6) is -1.20. The minimum absolute atomic E-state index is 0.118. The molecular weight excluding hydrogens is 647 g/mol. The summed E-state index contributed by atoms with van der Waals surface area (Å²) in [5, 5.41) is 9.25. The Morgan fingerprint density at radius 2 is 1.77 bits per heavy atom. The van der Waals surface area contributed by atoms with Crippen LogP contribution in [0.1, 0.15) is 44.2 Å². The number of nitrogens with zero attached hydrogens (tertiary/aromatic N) is 1. The quantitative estimate of drug-likeness (QED) is 0.227. The van der Waals surface area contributed by atoms with Gasteiger partial charge in [0.1, 0.15) is 17.6 Å². The van der Waals surface area contributed by atoms with Crippen molar-refractivity contribution in [2.24, 2.45) is 5.92 Å². The monoisotopic (exact) mass is 688 g/mol.